The van der Waals surface area contributed by atoms with Crippen LogP contribution in [0.3, 0.4) is 0 Å². The second-order valence-electron chi connectivity index (χ2n) is 3.31. The maximum Gasteiger partial charge on any atom is 0.165 e. The smallest absolute Gasteiger partial charge is 0.165 e. The number of nitrogens with zero attached hydrogens (tertiary/aromatic N) is 3. The molecule has 0 radical (unpaired) electrons. The number of nitrogens with two attached hydrogens (primary N) is 1. The summed E-state index contributed by atoms with van der Waals surface area (Å²) in [6.45, 7) is 2.01. The third-order valence-electron chi connectivity index (χ3n) is 2.13. The van der Waals surface area contributed by atoms with E-state index in [4.69, 9.17) is 11.0 Å². The van der Waals surface area contributed by atoms with Crippen molar-refractivity contribution in [3.8, 4) is 11.8 Å². The molecule has 4 heteroatoms. The Morgan fingerprint density at radius 3 is 2.53 bits per heavy atom. The molecule has 0 unspecified atom stereocenters. The summed E-state index contributed by atoms with van der Waals surface area (Å²) in [6.07, 6.45) is 0. The lowest BCUT2D eigenvalue weighted by atomic mass is 10.2. The fourth-order valence-corrected chi connectivity index (χ4v) is 1.34. The monoisotopic (exact) mass is 198 g/mol. The van der Waals surface area contributed by atoms with Crippen molar-refractivity contribution in [3.05, 3.63) is 41.6 Å². The number of rotatable bonds is 1. The van der Waals surface area contributed by atoms with E-state index in [9.17, 15) is 0 Å². The van der Waals surface area contributed by atoms with Crippen LogP contribution in [0.15, 0.2) is 30.3 Å². The van der Waals surface area contributed by atoms with E-state index in [0.29, 0.717) is 11.5 Å². The van der Waals surface area contributed by atoms with Gasteiger partial charge in [-0.15, -0.1) is 0 Å². The number of anilines is 1. The second kappa shape index (κ2) is 3.46. The molecule has 1 aromatic carbocycles. The van der Waals surface area contributed by atoms with Gasteiger partial charge in [-0.05, 0) is 19.1 Å². The summed E-state index contributed by atoms with van der Waals surface area (Å²) in [5, 5.41) is 12.7. The first-order valence-electron chi connectivity index (χ1n) is 4.53. The van der Waals surface area contributed by atoms with Gasteiger partial charge < -0.3 is 5.73 Å². The molecule has 0 saturated heterocycles. The van der Waals surface area contributed by atoms with Crippen molar-refractivity contribution in [1.82, 2.24) is 9.78 Å². The molecule has 0 amide bonds. The Morgan fingerprint density at radius 1 is 1.33 bits per heavy atom. The van der Waals surface area contributed by atoms with Crippen LogP contribution in [0.1, 0.15) is 11.3 Å². The zero-order valence-corrected chi connectivity index (χ0v) is 8.31. The summed E-state index contributed by atoms with van der Waals surface area (Å²) in [6, 6.07) is 11.3. The zero-order chi connectivity index (χ0) is 10.8. The van der Waals surface area contributed by atoms with Crippen LogP contribution < -0.4 is 5.73 Å². The topological polar surface area (TPSA) is 67.6 Å². The van der Waals surface area contributed by atoms with Gasteiger partial charge in [0, 0.05) is 6.07 Å². The van der Waals surface area contributed by atoms with E-state index >= 15 is 0 Å². The Kier molecular flexibility index (Phi) is 2.14. The molecule has 0 aliphatic rings. The van der Waals surface area contributed by atoms with Crippen molar-refractivity contribution >= 4 is 5.82 Å². The second-order valence-corrected chi connectivity index (χ2v) is 3.31. The summed E-state index contributed by atoms with van der Waals surface area (Å²) in [5.74, 6) is 0.468. The van der Waals surface area contributed by atoms with E-state index in [-0.39, 0.29) is 0 Å². The molecule has 15 heavy (non-hydrogen) atoms. The van der Waals surface area contributed by atoms with Crippen LogP contribution in [0.4, 0.5) is 5.82 Å². The van der Waals surface area contributed by atoms with Gasteiger partial charge in [0.05, 0.1) is 5.69 Å². The first-order chi connectivity index (χ1) is 7.20. The Morgan fingerprint density at radius 2 is 2.00 bits per heavy atom. The summed E-state index contributed by atoms with van der Waals surface area (Å²) >= 11 is 0. The summed E-state index contributed by atoms with van der Waals surface area (Å²) in [7, 11) is 0. The molecule has 0 aliphatic carbocycles. The van der Waals surface area contributed by atoms with Gasteiger partial charge in [0.15, 0.2) is 5.69 Å². The first-order valence-corrected chi connectivity index (χ1v) is 4.53. The number of hydrogen-bond acceptors (Lipinski definition) is 3. The molecular weight excluding hydrogens is 188 g/mol. The fraction of sp³-hybridized carbons (Fsp3) is 0.0909. The number of benzene rings is 1. The lowest BCUT2D eigenvalue weighted by Gasteiger charge is -2.03. The molecule has 2 aromatic rings. The lowest BCUT2D eigenvalue weighted by Crippen LogP contribution is -2.01. The third-order valence-corrected chi connectivity index (χ3v) is 2.13. The van der Waals surface area contributed by atoms with E-state index < -0.39 is 0 Å². The van der Waals surface area contributed by atoms with Crippen LogP contribution in [0.5, 0.6) is 0 Å². The minimum Gasteiger partial charge on any atom is -0.384 e. The zero-order valence-electron chi connectivity index (χ0n) is 8.31. The maximum absolute atomic E-state index is 8.69. The molecule has 74 valence electrons. The van der Waals surface area contributed by atoms with Gasteiger partial charge in [0.2, 0.25) is 0 Å². The minimum atomic E-state index is 0.327. The number of nitriles is 1. The molecule has 1 heterocycles. The Balaban J connectivity index is 2.50. The minimum absolute atomic E-state index is 0.327. The number of aromatic nitrogens is 2. The summed E-state index contributed by atoms with van der Waals surface area (Å²) < 4.78 is 1.55. The molecule has 0 atom stereocenters. The van der Waals surface area contributed by atoms with E-state index in [1.807, 2.05) is 37.3 Å². The van der Waals surface area contributed by atoms with Gasteiger partial charge in [-0.3, -0.25) is 0 Å². The van der Waals surface area contributed by atoms with Crippen molar-refractivity contribution < 1.29 is 0 Å². The highest BCUT2D eigenvalue weighted by molar-refractivity contribution is 5.45. The van der Waals surface area contributed by atoms with Crippen molar-refractivity contribution in [2.75, 3.05) is 5.73 Å². The molecule has 0 aliphatic heterocycles. The molecule has 2 rings (SSSR count). The number of nitrogen functional groups attached to an aromatic ring is 1. The van der Waals surface area contributed by atoms with Gasteiger partial charge in [-0.25, -0.2) is 4.68 Å². The van der Waals surface area contributed by atoms with Gasteiger partial charge in [0.1, 0.15) is 11.9 Å². The lowest BCUT2D eigenvalue weighted by molar-refractivity contribution is 0.883. The van der Waals surface area contributed by atoms with Crippen LogP contribution in [0, 0.1) is 18.3 Å². The molecule has 0 fully saturated rings. The molecule has 2 N–H and O–H groups in total. The van der Waals surface area contributed by atoms with Gasteiger partial charge in [0.25, 0.3) is 0 Å². The average Bonchev–Trinajstić information content (AvgIpc) is 2.61. The highest BCUT2D eigenvalue weighted by Gasteiger charge is 2.05. The van der Waals surface area contributed by atoms with E-state index in [0.717, 1.165) is 5.69 Å². The maximum atomic E-state index is 8.69. The molecule has 0 bridgehead atoms. The van der Waals surface area contributed by atoms with E-state index in [2.05, 4.69) is 5.10 Å². The van der Waals surface area contributed by atoms with Crippen molar-refractivity contribution in [2.24, 2.45) is 0 Å². The van der Waals surface area contributed by atoms with Crippen LogP contribution in [-0.2, 0) is 0 Å². The Hall–Kier alpha value is -2.28. The van der Waals surface area contributed by atoms with Gasteiger partial charge in [-0.1, -0.05) is 17.7 Å². The SMILES string of the molecule is Cc1ccc(-n2nc(C#N)cc2N)cc1. The van der Waals surface area contributed by atoms with E-state index in [1.165, 1.54) is 5.56 Å². The van der Waals surface area contributed by atoms with Crippen LogP contribution in [0.25, 0.3) is 5.69 Å². The summed E-state index contributed by atoms with van der Waals surface area (Å²) in [5.41, 5.74) is 8.10. The Labute approximate surface area is 87.6 Å². The van der Waals surface area contributed by atoms with Gasteiger partial charge in [-0.2, -0.15) is 10.4 Å². The fourth-order valence-electron chi connectivity index (χ4n) is 1.34. The Bertz CT molecular complexity index is 517. The predicted octanol–water partition coefficient (Wildman–Crippen LogP) is 1.63. The van der Waals surface area contributed by atoms with Crippen LogP contribution >= 0.6 is 0 Å². The first kappa shape index (κ1) is 9.28. The third kappa shape index (κ3) is 1.67. The molecular formula is C11H10N4. The van der Waals surface area contributed by atoms with Crippen molar-refractivity contribution in [2.45, 2.75) is 6.92 Å². The number of hydrogen-bond donors (Lipinski definition) is 1. The highest BCUT2D eigenvalue weighted by atomic mass is 15.3. The average molecular weight is 198 g/mol. The number of aryl methyl sites for hydroxylation is 1. The predicted molar refractivity (Wildman–Crippen MR) is 57.4 cm³/mol. The highest BCUT2D eigenvalue weighted by Crippen LogP contribution is 2.14. The summed E-state index contributed by atoms with van der Waals surface area (Å²) in [4.78, 5) is 0. The van der Waals surface area contributed by atoms with Crippen molar-refractivity contribution in [1.29, 1.82) is 5.26 Å². The molecule has 4 nitrogen and oxygen atoms in total. The molecule has 0 saturated carbocycles. The van der Waals surface area contributed by atoms with Crippen LogP contribution in [-0.4, -0.2) is 9.78 Å². The standard InChI is InChI=1S/C11H10N4/c1-8-2-4-10(5-3-8)15-11(13)6-9(7-12)14-15/h2-6H,13H2,1H3. The molecule has 1 aromatic heterocycles. The normalized spacial score (nSPS) is 9.87. The van der Waals surface area contributed by atoms with Crippen LogP contribution in [0.2, 0.25) is 0 Å². The van der Waals surface area contributed by atoms with E-state index in [1.54, 1.807) is 10.7 Å². The molecule has 0 spiro atoms. The van der Waals surface area contributed by atoms with Crippen molar-refractivity contribution in [3.63, 3.8) is 0 Å². The largest absolute Gasteiger partial charge is 0.384 e. The quantitative estimate of drug-likeness (QED) is 0.757. The van der Waals surface area contributed by atoms with Gasteiger partial charge >= 0.3 is 0 Å².